The van der Waals surface area contributed by atoms with Crippen molar-refractivity contribution in [2.75, 3.05) is 19.6 Å². The summed E-state index contributed by atoms with van der Waals surface area (Å²) in [6.45, 7) is 4.81. The highest BCUT2D eigenvalue weighted by Crippen LogP contribution is 2.23. The van der Waals surface area contributed by atoms with Crippen molar-refractivity contribution in [2.24, 2.45) is 0 Å². The Balaban J connectivity index is 1.60. The van der Waals surface area contributed by atoms with Crippen molar-refractivity contribution in [3.05, 3.63) is 0 Å². The molecule has 2 aliphatic heterocycles. The van der Waals surface area contributed by atoms with E-state index in [2.05, 4.69) is 6.92 Å². The summed E-state index contributed by atoms with van der Waals surface area (Å²) in [6, 6.07) is -0.171. The Kier molecular flexibility index (Phi) is 10.1. The van der Waals surface area contributed by atoms with Crippen LogP contribution in [0.2, 0.25) is 0 Å². The van der Waals surface area contributed by atoms with Gasteiger partial charge in [0.2, 0.25) is 11.8 Å². The van der Waals surface area contributed by atoms with Crippen molar-refractivity contribution in [3.63, 3.8) is 0 Å². The molecular weight excluding hydrogens is 324 g/mol. The number of likely N-dealkylation sites (tertiary alicyclic amines) is 2. The third-order valence-electron chi connectivity index (χ3n) is 6.02. The second-order valence-electron chi connectivity index (χ2n) is 8.21. The minimum Gasteiger partial charge on any atom is -0.341 e. The van der Waals surface area contributed by atoms with Crippen LogP contribution >= 0.6 is 0 Å². The Labute approximate surface area is 160 Å². The maximum atomic E-state index is 12.9. The van der Waals surface area contributed by atoms with E-state index in [4.69, 9.17) is 0 Å². The topological polar surface area (TPSA) is 40.6 Å². The number of hydrogen-bond donors (Lipinski definition) is 0. The van der Waals surface area contributed by atoms with Crippen LogP contribution < -0.4 is 0 Å². The maximum absolute atomic E-state index is 12.9. The van der Waals surface area contributed by atoms with Gasteiger partial charge in [-0.3, -0.25) is 9.59 Å². The van der Waals surface area contributed by atoms with Crippen molar-refractivity contribution in [3.8, 4) is 0 Å². The van der Waals surface area contributed by atoms with Crippen molar-refractivity contribution >= 4 is 11.8 Å². The molecule has 26 heavy (non-hydrogen) atoms. The van der Waals surface area contributed by atoms with E-state index in [1.54, 1.807) is 0 Å². The van der Waals surface area contributed by atoms with Gasteiger partial charge in [-0.25, -0.2) is 0 Å². The summed E-state index contributed by atoms with van der Waals surface area (Å²) in [5.41, 5.74) is 0. The van der Waals surface area contributed by atoms with Crippen LogP contribution in [0.1, 0.15) is 103 Å². The van der Waals surface area contributed by atoms with Gasteiger partial charge < -0.3 is 9.80 Å². The van der Waals surface area contributed by atoms with E-state index in [1.165, 1.54) is 57.8 Å². The van der Waals surface area contributed by atoms with Crippen LogP contribution in [-0.4, -0.2) is 47.3 Å². The Morgan fingerprint density at radius 1 is 0.808 bits per heavy atom. The predicted molar refractivity (Wildman–Crippen MR) is 107 cm³/mol. The molecule has 0 spiro atoms. The summed E-state index contributed by atoms with van der Waals surface area (Å²) in [6.07, 6.45) is 17.8. The van der Waals surface area contributed by atoms with Gasteiger partial charge in [-0.1, -0.05) is 64.7 Å². The van der Waals surface area contributed by atoms with Crippen LogP contribution in [0.25, 0.3) is 0 Å². The number of hydrogen-bond acceptors (Lipinski definition) is 2. The lowest BCUT2D eigenvalue weighted by atomic mass is 10.1. The van der Waals surface area contributed by atoms with Crippen molar-refractivity contribution in [2.45, 2.75) is 109 Å². The fraction of sp³-hybridized carbons (Fsp3) is 0.909. The first-order valence-corrected chi connectivity index (χ1v) is 11.3. The van der Waals surface area contributed by atoms with Gasteiger partial charge in [-0.05, 0) is 32.1 Å². The number of nitrogens with zero attached hydrogens (tertiary/aromatic N) is 2. The monoisotopic (exact) mass is 364 g/mol. The number of carbonyl (C=O) groups excluding carboxylic acids is 2. The van der Waals surface area contributed by atoms with E-state index in [-0.39, 0.29) is 17.9 Å². The van der Waals surface area contributed by atoms with Crippen molar-refractivity contribution in [1.29, 1.82) is 0 Å². The standard InChI is InChI=1S/C22H40N2O2/c1-2-3-4-5-6-7-8-9-10-12-17-23-18-13-11-15-20(22(23)26)24-19-14-16-21(24)25/h20H,2-19H2,1H3. The Morgan fingerprint density at radius 3 is 2.08 bits per heavy atom. The molecule has 150 valence electrons. The summed E-state index contributed by atoms with van der Waals surface area (Å²) in [5.74, 6) is 0.401. The Hall–Kier alpha value is -1.06. The second kappa shape index (κ2) is 12.3. The highest BCUT2D eigenvalue weighted by Gasteiger charge is 2.35. The van der Waals surface area contributed by atoms with Gasteiger partial charge >= 0.3 is 0 Å². The molecule has 2 aliphatic rings. The minimum absolute atomic E-state index is 0.171. The SMILES string of the molecule is CCCCCCCCCCCCN1CCCCC(N2CCCC2=O)C1=O. The number of rotatable bonds is 12. The zero-order valence-corrected chi connectivity index (χ0v) is 17.0. The molecule has 2 rings (SSSR count). The molecule has 2 saturated heterocycles. The molecule has 0 aromatic heterocycles. The first kappa shape index (κ1) is 21.2. The predicted octanol–water partition coefficient (Wildman–Crippen LogP) is 4.91. The van der Waals surface area contributed by atoms with E-state index in [9.17, 15) is 9.59 Å². The molecule has 0 N–H and O–H groups in total. The lowest BCUT2D eigenvalue weighted by Gasteiger charge is -2.30. The molecule has 4 heteroatoms. The third-order valence-corrected chi connectivity index (χ3v) is 6.02. The highest BCUT2D eigenvalue weighted by molar-refractivity contribution is 5.88. The van der Waals surface area contributed by atoms with Gasteiger partial charge in [0, 0.05) is 26.1 Å². The second-order valence-corrected chi connectivity index (χ2v) is 8.21. The van der Waals surface area contributed by atoms with Crippen LogP contribution in [0, 0.1) is 0 Å². The van der Waals surface area contributed by atoms with E-state index >= 15 is 0 Å². The smallest absolute Gasteiger partial charge is 0.245 e. The fourth-order valence-electron chi connectivity index (χ4n) is 4.38. The first-order chi connectivity index (χ1) is 12.7. The summed E-state index contributed by atoms with van der Waals surface area (Å²) in [5, 5.41) is 0. The lowest BCUT2D eigenvalue weighted by Crippen LogP contribution is -2.48. The van der Waals surface area contributed by atoms with Crippen LogP contribution in [-0.2, 0) is 9.59 Å². The number of carbonyl (C=O) groups is 2. The van der Waals surface area contributed by atoms with E-state index in [1.807, 2.05) is 9.80 Å². The molecule has 0 aromatic rings. The summed E-state index contributed by atoms with van der Waals surface area (Å²) < 4.78 is 0. The van der Waals surface area contributed by atoms with Gasteiger partial charge in [0.25, 0.3) is 0 Å². The molecule has 2 fully saturated rings. The average Bonchev–Trinajstić information content (AvgIpc) is 2.98. The van der Waals surface area contributed by atoms with E-state index in [0.717, 1.165) is 51.7 Å². The molecule has 1 atom stereocenters. The molecule has 2 amide bonds. The zero-order chi connectivity index (χ0) is 18.6. The van der Waals surface area contributed by atoms with Crippen LogP contribution in [0.3, 0.4) is 0 Å². The van der Waals surface area contributed by atoms with Gasteiger partial charge in [0.05, 0.1) is 0 Å². The van der Waals surface area contributed by atoms with Crippen molar-refractivity contribution in [1.82, 2.24) is 9.80 Å². The molecule has 2 heterocycles. The Morgan fingerprint density at radius 2 is 1.46 bits per heavy atom. The average molecular weight is 365 g/mol. The van der Waals surface area contributed by atoms with Gasteiger partial charge in [-0.15, -0.1) is 0 Å². The van der Waals surface area contributed by atoms with E-state index < -0.39 is 0 Å². The van der Waals surface area contributed by atoms with Gasteiger partial charge in [0.1, 0.15) is 6.04 Å². The van der Waals surface area contributed by atoms with Gasteiger partial charge in [-0.2, -0.15) is 0 Å². The molecule has 0 aromatic carbocycles. The maximum Gasteiger partial charge on any atom is 0.245 e. The number of unbranched alkanes of at least 4 members (excludes halogenated alkanes) is 9. The fourth-order valence-corrected chi connectivity index (χ4v) is 4.38. The highest BCUT2D eigenvalue weighted by atomic mass is 16.2. The molecule has 0 radical (unpaired) electrons. The summed E-state index contributed by atoms with van der Waals surface area (Å²) in [4.78, 5) is 28.8. The van der Waals surface area contributed by atoms with Crippen LogP contribution in [0.15, 0.2) is 0 Å². The molecule has 0 aliphatic carbocycles. The first-order valence-electron chi connectivity index (χ1n) is 11.3. The quantitative estimate of drug-likeness (QED) is 0.462. The summed E-state index contributed by atoms with van der Waals surface area (Å²) >= 11 is 0. The number of amides is 2. The molecule has 1 unspecified atom stereocenters. The van der Waals surface area contributed by atoms with Crippen LogP contribution in [0.4, 0.5) is 0 Å². The Bertz CT molecular complexity index is 424. The molecule has 0 saturated carbocycles. The van der Waals surface area contributed by atoms with Gasteiger partial charge in [0.15, 0.2) is 0 Å². The van der Waals surface area contributed by atoms with Crippen molar-refractivity contribution < 1.29 is 9.59 Å². The minimum atomic E-state index is -0.171. The molecular formula is C22H40N2O2. The molecule has 0 bridgehead atoms. The molecule has 4 nitrogen and oxygen atoms in total. The van der Waals surface area contributed by atoms with Crippen LogP contribution in [0.5, 0.6) is 0 Å². The largest absolute Gasteiger partial charge is 0.341 e. The summed E-state index contributed by atoms with van der Waals surface area (Å²) in [7, 11) is 0. The normalized spacial score (nSPS) is 21.5. The zero-order valence-electron chi connectivity index (χ0n) is 17.0. The van der Waals surface area contributed by atoms with E-state index in [0.29, 0.717) is 6.42 Å². The lowest BCUT2D eigenvalue weighted by molar-refractivity contribution is -0.143. The third kappa shape index (κ3) is 6.92.